The summed E-state index contributed by atoms with van der Waals surface area (Å²) in [5.41, 5.74) is 1.94. The highest BCUT2D eigenvalue weighted by molar-refractivity contribution is 7.86. The SMILES string of the molecule is NS(=O)(=O)N1CCN(C(=O)[C@@H]2Cc3cc(Cl)ccc3N2)CC1. The lowest BCUT2D eigenvalue weighted by atomic mass is 10.1. The normalized spacial score (nSPS) is 22.3. The van der Waals surface area contributed by atoms with Crippen LogP contribution in [0.1, 0.15) is 5.56 Å². The van der Waals surface area contributed by atoms with Gasteiger partial charge in [0.2, 0.25) is 5.91 Å². The summed E-state index contributed by atoms with van der Waals surface area (Å²) in [6.45, 7) is 1.17. The molecule has 0 aliphatic carbocycles. The lowest BCUT2D eigenvalue weighted by molar-refractivity contribution is -0.133. The van der Waals surface area contributed by atoms with Crippen molar-refractivity contribution in [3.8, 4) is 0 Å². The Morgan fingerprint density at radius 3 is 2.59 bits per heavy atom. The molecular formula is C13H17ClN4O3S. The zero-order chi connectivity index (χ0) is 15.9. The van der Waals surface area contributed by atoms with Crippen molar-refractivity contribution < 1.29 is 13.2 Å². The maximum Gasteiger partial charge on any atom is 0.277 e. The fourth-order valence-electron chi connectivity index (χ4n) is 2.86. The minimum absolute atomic E-state index is 0.0265. The summed E-state index contributed by atoms with van der Waals surface area (Å²) < 4.78 is 23.7. The molecule has 3 N–H and O–H groups in total. The standard InChI is InChI=1S/C13H17ClN4O3S/c14-10-1-2-11-9(7-10)8-12(16-11)13(19)17-3-5-18(6-4-17)22(15,20)21/h1-2,7,12,16H,3-6,8H2,(H2,15,20,21)/t12-/m0/s1. The molecule has 22 heavy (non-hydrogen) atoms. The Kier molecular flexibility index (Phi) is 4.02. The third kappa shape index (κ3) is 3.05. The van der Waals surface area contributed by atoms with Crippen LogP contribution in [0.25, 0.3) is 0 Å². The predicted molar refractivity (Wildman–Crippen MR) is 83.8 cm³/mol. The maximum atomic E-state index is 12.5. The van der Waals surface area contributed by atoms with Gasteiger partial charge in [-0.05, 0) is 23.8 Å². The molecule has 1 aromatic rings. The van der Waals surface area contributed by atoms with Crippen LogP contribution < -0.4 is 10.5 Å². The monoisotopic (exact) mass is 344 g/mol. The van der Waals surface area contributed by atoms with E-state index in [2.05, 4.69) is 5.32 Å². The number of fused-ring (bicyclic) bond motifs is 1. The van der Waals surface area contributed by atoms with Gasteiger partial charge < -0.3 is 10.2 Å². The minimum atomic E-state index is -3.68. The second-order valence-corrected chi connectivity index (χ2v) is 7.45. The van der Waals surface area contributed by atoms with Gasteiger partial charge in [0.05, 0.1) is 0 Å². The highest BCUT2D eigenvalue weighted by Gasteiger charge is 2.33. The van der Waals surface area contributed by atoms with Crippen molar-refractivity contribution in [2.75, 3.05) is 31.5 Å². The second kappa shape index (κ2) is 5.69. The van der Waals surface area contributed by atoms with Crippen molar-refractivity contribution in [2.45, 2.75) is 12.5 Å². The van der Waals surface area contributed by atoms with Gasteiger partial charge in [-0.3, -0.25) is 4.79 Å². The van der Waals surface area contributed by atoms with Crippen molar-refractivity contribution in [3.05, 3.63) is 28.8 Å². The van der Waals surface area contributed by atoms with Crippen LogP contribution in [0.2, 0.25) is 5.02 Å². The molecule has 1 fully saturated rings. The number of piperazine rings is 1. The number of carbonyl (C=O) groups is 1. The van der Waals surface area contributed by atoms with E-state index in [4.69, 9.17) is 16.7 Å². The molecule has 0 radical (unpaired) electrons. The quantitative estimate of drug-likeness (QED) is 0.791. The van der Waals surface area contributed by atoms with Crippen LogP contribution in [-0.4, -0.2) is 55.8 Å². The largest absolute Gasteiger partial charge is 0.373 e. The van der Waals surface area contributed by atoms with Crippen molar-refractivity contribution in [1.82, 2.24) is 9.21 Å². The highest BCUT2D eigenvalue weighted by atomic mass is 35.5. The van der Waals surface area contributed by atoms with Crippen LogP contribution in [0.5, 0.6) is 0 Å². The Bertz CT molecular complexity index is 701. The number of amides is 1. The first kappa shape index (κ1) is 15.5. The van der Waals surface area contributed by atoms with Gasteiger partial charge in [0.1, 0.15) is 6.04 Å². The Labute approximate surface area is 134 Å². The second-order valence-electron chi connectivity index (χ2n) is 5.47. The molecule has 3 rings (SSSR count). The number of anilines is 1. The van der Waals surface area contributed by atoms with Crippen molar-refractivity contribution in [1.29, 1.82) is 0 Å². The lowest BCUT2D eigenvalue weighted by Gasteiger charge is -2.34. The smallest absolute Gasteiger partial charge is 0.277 e. The first-order valence-electron chi connectivity index (χ1n) is 6.96. The van der Waals surface area contributed by atoms with E-state index in [0.717, 1.165) is 11.3 Å². The topological polar surface area (TPSA) is 95.7 Å². The Morgan fingerprint density at radius 1 is 1.27 bits per heavy atom. The molecule has 2 aliphatic heterocycles. The van der Waals surface area contributed by atoms with Crippen molar-refractivity contribution in [3.63, 3.8) is 0 Å². The van der Waals surface area contributed by atoms with E-state index in [9.17, 15) is 13.2 Å². The molecule has 1 saturated heterocycles. The van der Waals surface area contributed by atoms with Crippen molar-refractivity contribution in [2.24, 2.45) is 5.14 Å². The van der Waals surface area contributed by atoms with Gasteiger partial charge >= 0.3 is 0 Å². The molecular weight excluding hydrogens is 328 g/mol. The third-order valence-electron chi connectivity index (χ3n) is 4.03. The summed E-state index contributed by atoms with van der Waals surface area (Å²) in [5, 5.41) is 8.94. The summed E-state index contributed by atoms with van der Waals surface area (Å²) >= 11 is 5.96. The van der Waals surface area contributed by atoms with E-state index in [-0.39, 0.29) is 25.0 Å². The summed E-state index contributed by atoms with van der Waals surface area (Å²) in [6.07, 6.45) is 0.587. The summed E-state index contributed by atoms with van der Waals surface area (Å²) in [4.78, 5) is 14.2. The molecule has 7 nitrogen and oxygen atoms in total. The van der Waals surface area contributed by atoms with Crippen LogP contribution in [0.4, 0.5) is 5.69 Å². The molecule has 0 aromatic heterocycles. The number of nitrogens with one attached hydrogen (secondary N) is 1. The number of hydrogen-bond donors (Lipinski definition) is 2. The molecule has 120 valence electrons. The van der Waals surface area contributed by atoms with Crippen LogP contribution >= 0.6 is 11.6 Å². The number of rotatable bonds is 2. The number of nitrogens with zero attached hydrogens (tertiary/aromatic N) is 2. The molecule has 0 saturated carbocycles. The van der Waals surface area contributed by atoms with Crippen LogP contribution in [-0.2, 0) is 21.4 Å². The first-order chi connectivity index (χ1) is 10.3. The summed E-state index contributed by atoms with van der Waals surface area (Å²) in [7, 11) is -3.68. The molecule has 1 aromatic carbocycles. The van der Waals surface area contributed by atoms with Crippen LogP contribution in [0.3, 0.4) is 0 Å². The number of nitrogens with two attached hydrogens (primary N) is 1. The average Bonchev–Trinajstić information content (AvgIpc) is 2.88. The van der Waals surface area contributed by atoms with Gasteiger partial charge in [-0.2, -0.15) is 12.7 Å². The van der Waals surface area contributed by atoms with E-state index in [0.29, 0.717) is 24.5 Å². The Balaban J connectivity index is 1.63. The minimum Gasteiger partial charge on any atom is -0.373 e. The molecule has 9 heteroatoms. The number of hydrogen-bond acceptors (Lipinski definition) is 4. The molecule has 1 amide bonds. The fourth-order valence-corrected chi connectivity index (χ4v) is 3.73. The molecule has 2 aliphatic rings. The van der Waals surface area contributed by atoms with E-state index < -0.39 is 10.2 Å². The Hall–Kier alpha value is -1.35. The summed E-state index contributed by atoms with van der Waals surface area (Å²) in [6, 6.07) is 5.18. The molecule has 0 spiro atoms. The molecule has 0 unspecified atom stereocenters. The van der Waals surface area contributed by atoms with Gasteiger partial charge in [-0.15, -0.1) is 0 Å². The van der Waals surface area contributed by atoms with Gasteiger partial charge in [0.25, 0.3) is 10.2 Å². The molecule has 1 atom stereocenters. The van der Waals surface area contributed by atoms with E-state index in [1.165, 1.54) is 4.31 Å². The van der Waals surface area contributed by atoms with Crippen LogP contribution in [0, 0.1) is 0 Å². The average molecular weight is 345 g/mol. The Morgan fingerprint density at radius 2 is 1.95 bits per heavy atom. The predicted octanol–water partition coefficient (Wildman–Crippen LogP) is 0.0243. The van der Waals surface area contributed by atoms with Crippen LogP contribution in [0.15, 0.2) is 18.2 Å². The van der Waals surface area contributed by atoms with Gasteiger partial charge in [-0.1, -0.05) is 11.6 Å². The fraction of sp³-hybridized carbons (Fsp3) is 0.462. The van der Waals surface area contributed by atoms with Gasteiger partial charge in [-0.25, -0.2) is 5.14 Å². The highest BCUT2D eigenvalue weighted by Crippen LogP contribution is 2.29. The van der Waals surface area contributed by atoms with Gasteiger partial charge in [0, 0.05) is 43.3 Å². The van der Waals surface area contributed by atoms with E-state index in [1.54, 1.807) is 11.0 Å². The van der Waals surface area contributed by atoms with Gasteiger partial charge in [0.15, 0.2) is 0 Å². The lowest BCUT2D eigenvalue weighted by Crippen LogP contribution is -2.54. The first-order valence-corrected chi connectivity index (χ1v) is 8.84. The molecule has 0 bridgehead atoms. The van der Waals surface area contributed by atoms with Crippen molar-refractivity contribution >= 4 is 33.4 Å². The summed E-state index contributed by atoms with van der Waals surface area (Å²) in [5.74, 6) is -0.0265. The third-order valence-corrected chi connectivity index (χ3v) is 5.35. The molecule has 2 heterocycles. The zero-order valence-corrected chi connectivity index (χ0v) is 13.4. The number of carbonyl (C=O) groups excluding carboxylic acids is 1. The van der Waals surface area contributed by atoms with E-state index in [1.807, 2.05) is 12.1 Å². The zero-order valence-electron chi connectivity index (χ0n) is 11.8. The number of halogens is 1. The number of benzene rings is 1. The van der Waals surface area contributed by atoms with E-state index >= 15 is 0 Å². The maximum absolute atomic E-state index is 12.5.